The van der Waals surface area contributed by atoms with Crippen molar-refractivity contribution in [1.29, 1.82) is 0 Å². The van der Waals surface area contributed by atoms with Gasteiger partial charge in [-0.05, 0) is 56.3 Å². The number of rotatable bonds is 6. The van der Waals surface area contributed by atoms with Crippen LogP contribution in [0.3, 0.4) is 0 Å². The first-order valence-corrected chi connectivity index (χ1v) is 13.6. The molecule has 0 N–H and O–H groups in total. The van der Waals surface area contributed by atoms with Crippen LogP contribution in [0.4, 0.5) is 13.2 Å². The molecule has 0 saturated carbocycles. The Bertz CT molecular complexity index is 1500. The molecular weight excluding hydrogens is 543 g/mol. The number of piperazine rings is 1. The summed E-state index contributed by atoms with van der Waals surface area (Å²) in [5.74, 6) is 0.523. The summed E-state index contributed by atoms with van der Waals surface area (Å²) in [6.07, 6.45) is -2.98. The summed E-state index contributed by atoms with van der Waals surface area (Å²) in [4.78, 5) is 29.3. The first-order chi connectivity index (χ1) is 19.1. The lowest BCUT2D eigenvalue weighted by atomic mass is 10.1. The molecule has 0 radical (unpaired) electrons. The molecular formula is C28H26F3N5O3S. The van der Waals surface area contributed by atoms with Crippen molar-refractivity contribution >= 4 is 23.6 Å². The summed E-state index contributed by atoms with van der Waals surface area (Å²) in [6, 6.07) is 15.4. The second-order valence-corrected chi connectivity index (χ2v) is 10.5. The molecule has 12 heteroatoms. The molecule has 2 aromatic carbocycles. The van der Waals surface area contributed by atoms with Gasteiger partial charge < -0.3 is 14.2 Å². The van der Waals surface area contributed by atoms with Gasteiger partial charge in [0.1, 0.15) is 0 Å². The van der Waals surface area contributed by atoms with Crippen LogP contribution in [0.15, 0.2) is 76.5 Å². The van der Waals surface area contributed by atoms with Gasteiger partial charge in [0.05, 0.1) is 17.6 Å². The number of thioether (sulfide) groups is 1. The van der Waals surface area contributed by atoms with Gasteiger partial charge >= 0.3 is 6.18 Å². The average molecular weight is 570 g/mol. The molecule has 1 fully saturated rings. The van der Waals surface area contributed by atoms with E-state index in [1.54, 1.807) is 30.2 Å². The highest BCUT2D eigenvalue weighted by atomic mass is 32.2. The van der Waals surface area contributed by atoms with Gasteiger partial charge in [-0.1, -0.05) is 35.5 Å². The van der Waals surface area contributed by atoms with Gasteiger partial charge in [-0.25, -0.2) is 0 Å². The second kappa shape index (κ2) is 11.2. The molecule has 3 heterocycles. The normalized spacial score (nSPS) is 15.9. The molecule has 1 aliphatic heterocycles. The molecule has 208 valence electrons. The molecule has 8 nitrogen and oxygen atoms in total. The van der Waals surface area contributed by atoms with E-state index in [0.29, 0.717) is 16.7 Å². The molecule has 1 unspecified atom stereocenters. The molecule has 0 spiro atoms. The minimum atomic E-state index is -4.53. The Morgan fingerprint density at radius 3 is 2.50 bits per heavy atom. The highest BCUT2D eigenvalue weighted by Crippen LogP contribution is 2.31. The molecule has 2 amide bonds. The van der Waals surface area contributed by atoms with Crippen LogP contribution in [0, 0.1) is 6.92 Å². The molecule has 4 aromatic rings. The fraction of sp³-hybridized carbons (Fsp3) is 0.286. The molecule has 40 heavy (non-hydrogen) atoms. The molecule has 1 atom stereocenters. The van der Waals surface area contributed by atoms with Crippen LogP contribution in [0.2, 0.25) is 0 Å². The Hall–Kier alpha value is -4.06. The fourth-order valence-corrected chi connectivity index (χ4v) is 5.41. The minimum Gasteiger partial charge on any atom is -0.461 e. The van der Waals surface area contributed by atoms with Gasteiger partial charge in [0.25, 0.3) is 5.91 Å². The van der Waals surface area contributed by atoms with Crippen LogP contribution >= 0.6 is 11.8 Å². The van der Waals surface area contributed by atoms with E-state index < -0.39 is 17.6 Å². The summed E-state index contributed by atoms with van der Waals surface area (Å²) < 4.78 is 46.7. The Kier molecular flexibility index (Phi) is 7.70. The number of amides is 2. The second-order valence-electron chi connectivity index (χ2n) is 9.51. The van der Waals surface area contributed by atoms with E-state index in [1.807, 2.05) is 35.8 Å². The van der Waals surface area contributed by atoms with Crippen molar-refractivity contribution in [3.63, 3.8) is 0 Å². The number of aryl methyl sites for hydroxylation is 1. The van der Waals surface area contributed by atoms with Gasteiger partial charge in [0, 0.05) is 36.9 Å². The summed E-state index contributed by atoms with van der Waals surface area (Å²) in [7, 11) is 0. The fourth-order valence-electron chi connectivity index (χ4n) is 4.55. The summed E-state index contributed by atoms with van der Waals surface area (Å²) in [5.41, 5.74) is 1.03. The van der Waals surface area contributed by atoms with Crippen molar-refractivity contribution < 1.29 is 27.2 Å². The number of hydrogen-bond donors (Lipinski definition) is 0. The summed E-state index contributed by atoms with van der Waals surface area (Å²) in [6.45, 7) is 4.53. The Labute approximate surface area is 232 Å². The molecule has 5 rings (SSSR count). The lowest BCUT2D eigenvalue weighted by Crippen LogP contribution is -2.55. The molecule has 2 aromatic heterocycles. The van der Waals surface area contributed by atoms with Crippen LogP contribution in [-0.2, 0) is 11.0 Å². The SMILES string of the molecule is Cc1ccc(-n2c(SCC(=O)N3CCN(C(=O)c4cccc(C(F)(F)F)c4)C(C)C3)nnc2-c2ccco2)cc1. The topological polar surface area (TPSA) is 84.5 Å². The van der Waals surface area contributed by atoms with Crippen LogP contribution in [-0.4, -0.2) is 67.8 Å². The maximum atomic E-state index is 13.1. The lowest BCUT2D eigenvalue weighted by Gasteiger charge is -2.40. The van der Waals surface area contributed by atoms with E-state index in [1.165, 1.54) is 28.8 Å². The van der Waals surface area contributed by atoms with Gasteiger partial charge in [-0.2, -0.15) is 13.2 Å². The first-order valence-electron chi connectivity index (χ1n) is 12.6. The van der Waals surface area contributed by atoms with E-state index >= 15 is 0 Å². The predicted molar refractivity (Wildman–Crippen MR) is 143 cm³/mol. The van der Waals surface area contributed by atoms with Crippen LogP contribution in [0.25, 0.3) is 17.3 Å². The first kappa shape index (κ1) is 27.5. The number of aromatic nitrogens is 3. The third-order valence-electron chi connectivity index (χ3n) is 6.67. The van der Waals surface area contributed by atoms with Crippen LogP contribution < -0.4 is 0 Å². The van der Waals surface area contributed by atoms with Crippen molar-refractivity contribution in [2.75, 3.05) is 25.4 Å². The molecule has 0 bridgehead atoms. The van der Waals surface area contributed by atoms with Crippen LogP contribution in [0.5, 0.6) is 0 Å². The number of benzene rings is 2. The zero-order valence-electron chi connectivity index (χ0n) is 21.8. The maximum Gasteiger partial charge on any atom is 0.416 e. The van der Waals surface area contributed by atoms with E-state index in [-0.39, 0.29) is 42.9 Å². The van der Waals surface area contributed by atoms with Crippen molar-refractivity contribution in [1.82, 2.24) is 24.6 Å². The Balaban J connectivity index is 1.26. The van der Waals surface area contributed by atoms with E-state index in [9.17, 15) is 22.8 Å². The lowest BCUT2D eigenvalue weighted by molar-refractivity contribution is -0.137. The number of furan rings is 1. The number of hydrogen-bond acceptors (Lipinski definition) is 6. The predicted octanol–water partition coefficient (Wildman–Crippen LogP) is 5.32. The van der Waals surface area contributed by atoms with Gasteiger partial charge in [0.2, 0.25) is 11.7 Å². The average Bonchev–Trinajstić information content (AvgIpc) is 3.61. The van der Waals surface area contributed by atoms with Gasteiger partial charge in [-0.15, -0.1) is 10.2 Å². The number of nitrogens with zero attached hydrogens (tertiary/aromatic N) is 5. The maximum absolute atomic E-state index is 13.1. The quantitative estimate of drug-likeness (QED) is 0.292. The van der Waals surface area contributed by atoms with Crippen molar-refractivity contribution in [2.45, 2.75) is 31.2 Å². The van der Waals surface area contributed by atoms with Gasteiger partial charge in [0.15, 0.2) is 10.9 Å². The molecule has 0 aliphatic carbocycles. The van der Waals surface area contributed by atoms with E-state index in [0.717, 1.165) is 23.4 Å². The monoisotopic (exact) mass is 569 g/mol. The smallest absolute Gasteiger partial charge is 0.416 e. The van der Waals surface area contributed by atoms with Crippen molar-refractivity contribution in [3.8, 4) is 17.3 Å². The minimum absolute atomic E-state index is 0.0280. The molecule has 1 saturated heterocycles. The van der Waals surface area contributed by atoms with E-state index in [4.69, 9.17) is 4.42 Å². The number of alkyl halides is 3. The third-order valence-corrected chi connectivity index (χ3v) is 7.58. The number of halogens is 3. The summed E-state index contributed by atoms with van der Waals surface area (Å²) in [5, 5.41) is 9.13. The Morgan fingerprint density at radius 2 is 1.82 bits per heavy atom. The Morgan fingerprint density at radius 1 is 1.05 bits per heavy atom. The summed E-state index contributed by atoms with van der Waals surface area (Å²) >= 11 is 1.24. The van der Waals surface area contributed by atoms with E-state index in [2.05, 4.69) is 10.2 Å². The van der Waals surface area contributed by atoms with Crippen LogP contribution in [0.1, 0.15) is 28.4 Å². The zero-order valence-corrected chi connectivity index (χ0v) is 22.6. The molecule has 1 aliphatic rings. The highest BCUT2D eigenvalue weighted by molar-refractivity contribution is 7.99. The number of carbonyl (C=O) groups is 2. The third kappa shape index (κ3) is 5.76. The highest BCUT2D eigenvalue weighted by Gasteiger charge is 2.34. The number of carbonyl (C=O) groups excluding carboxylic acids is 2. The van der Waals surface area contributed by atoms with Crippen molar-refractivity contribution in [2.24, 2.45) is 0 Å². The van der Waals surface area contributed by atoms with Gasteiger partial charge in [-0.3, -0.25) is 14.2 Å². The largest absolute Gasteiger partial charge is 0.461 e. The standard InChI is InChI=1S/C28H26F3N5O3S/c1-18-8-10-22(11-9-18)36-25(23-7-4-14-39-23)32-33-27(36)40-17-24(37)34-12-13-35(19(2)16-34)26(38)20-5-3-6-21(15-20)28(29,30)31/h3-11,14-15,19H,12-13,16-17H2,1-2H3. The van der Waals surface area contributed by atoms with Crippen molar-refractivity contribution in [3.05, 3.63) is 83.6 Å². The zero-order chi connectivity index (χ0) is 28.4.